The van der Waals surface area contributed by atoms with Gasteiger partial charge in [0.15, 0.2) is 0 Å². The number of hydrogen-bond acceptors (Lipinski definition) is 4. The second-order valence-corrected chi connectivity index (χ2v) is 12.6. The summed E-state index contributed by atoms with van der Waals surface area (Å²) in [7, 11) is -3.57. The molecule has 0 heterocycles. The van der Waals surface area contributed by atoms with Crippen LogP contribution < -0.4 is 9.62 Å². The van der Waals surface area contributed by atoms with Gasteiger partial charge in [-0.1, -0.05) is 77.8 Å². The van der Waals surface area contributed by atoms with Crippen molar-refractivity contribution in [2.24, 2.45) is 0 Å². The number of para-hydroxylation sites is 1. The fourth-order valence-corrected chi connectivity index (χ4v) is 5.87. The fourth-order valence-electron chi connectivity index (χ4n) is 4.39. The molecule has 0 aliphatic heterocycles. The highest BCUT2D eigenvalue weighted by Gasteiger charge is 2.31. The molecule has 3 aromatic carbocycles. The SMILES string of the molecule is CC(C)NC(=O)C(Cc1ccccc1)N(Cc1c(Cl)cccc1Cl)C(=O)CCCN(c1ccccc1)S(C)(=O)=O. The quantitative estimate of drug-likeness (QED) is 0.271. The van der Waals surface area contributed by atoms with Gasteiger partial charge in [0.25, 0.3) is 0 Å². The summed E-state index contributed by atoms with van der Waals surface area (Å²) < 4.78 is 26.3. The van der Waals surface area contributed by atoms with Crippen molar-refractivity contribution in [2.45, 2.75) is 51.7 Å². The predicted molar refractivity (Wildman–Crippen MR) is 162 cm³/mol. The van der Waals surface area contributed by atoms with Crippen molar-refractivity contribution in [2.75, 3.05) is 17.1 Å². The minimum atomic E-state index is -3.57. The molecule has 0 bridgehead atoms. The molecule has 40 heavy (non-hydrogen) atoms. The van der Waals surface area contributed by atoms with Gasteiger partial charge in [-0.3, -0.25) is 13.9 Å². The van der Waals surface area contributed by atoms with Crippen molar-refractivity contribution in [1.82, 2.24) is 10.2 Å². The van der Waals surface area contributed by atoms with Gasteiger partial charge >= 0.3 is 0 Å². The number of halogens is 2. The van der Waals surface area contributed by atoms with E-state index in [1.807, 2.05) is 44.2 Å². The predicted octanol–water partition coefficient (Wildman–Crippen LogP) is 5.70. The number of nitrogens with one attached hydrogen (secondary N) is 1. The molecule has 2 amide bonds. The van der Waals surface area contributed by atoms with Crippen LogP contribution in [0.5, 0.6) is 0 Å². The number of carbonyl (C=O) groups is 2. The van der Waals surface area contributed by atoms with Crippen LogP contribution in [0.1, 0.15) is 37.8 Å². The molecule has 214 valence electrons. The highest BCUT2D eigenvalue weighted by molar-refractivity contribution is 7.92. The molecule has 1 atom stereocenters. The highest BCUT2D eigenvalue weighted by Crippen LogP contribution is 2.28. The van der Waals surface area contributed by atoms with Crippen LogP contribution in [-0.4, -0.2) is 50.0 Å². The Hall–Kier alpha value is -3.07. The van der Waals surface area contributed by atoms with E-state index in [0.717, 1.165) is 11.8 Å². The maximum Gasteiger partial charge on any atom is 0.243 e. The molecule has 0 saturated heterocycles. The van der Waals surface area contributed by atoms with Crippen molar-refractivity contribution < 1.29 is 18.0 Å². The van der Waals surface area contributed by atoms with E-state index in [1.165, 1.54) is 9.21 Å². The number of carbonyl (C=O) groups excluding carboxylic acids is 2. The van der Waals surface area contributed by atoms with E-state index >= 15 is 0 Å². The number of amides is 2. The average Bonchev–Trinajstić information content (AvgIpc) is 2.90. The van der Waals surface area contributed by atoms with E-state index in [0.29, 0.717) is 21.3 Å². The topological polar surface area (TPSA) is 86.8 Å². The van der Waals surface area contributed by atoms with Gasteiger partial charge in [0, 0.05) is 47.6 Å². The summed E-state index contributed by atoms with van der Waals surface area (Å²) >= 11 is 12.9. The second kappa shape index (κ2) is 14.5. The zero-order valence-corrected chi connectivity index (χ0v) is 25.2. The molecule has 0 spiro atoms. The molecule has 1 unspecified atom stereocenters. The van der Waals surface area contributed by atoms with Gasteiger partial charge in [-0.05, 0) is 50.1 Å². The summed E-state index contributed by atoms with van der Waals surface area (Å²) in [5.41, 5.74) is 1.95. The Morgan fingerprint density at radius 3 is 2.00 bits per heavy atom. The van der Waals surface area contributed by atoms with Crippen LogP contribution in [-0.2, 0) is 32.6 Å². The molecule has 0 aliphatic rings. The molecule has 3 rings (SSSR count). The number of anilines is 1. The van der Waals surface area contributed by atoms with Gasteiger partial charge in [0.05, 0.1) is 11.9 Å². The zero-order valence-electron chi connectivity index (χ0n) is 22.9. The molecule has 10 heteroatoms. The first-order valence-electron chi connectivity index (χ1n) is 13.1. The molecular formula is C30H35Cl2N3O4S. The lowest BCUT2D eigenvalue weighted by Gasteiger charge is -2.33. The molecule has 3 aromatic rings. The third kappa shape index (κ3) is 8.98. The number of nitrogens with zero attached hydrogens (tertiary/aromatic N) is 2. The van der Waals surface area contributed by atoms with E-state index < -0.39 is 16.1 Å². The first kappa shape index (κ1) is 31.5. The Bertz CT molecular complexity index is 1370. The van der Waals surface area contributed by atoms with Gasteiger partial charge in [-0.2, -0.15) is 0 Å². The van der Waals surface area contributed by atoms with Crippen LogP contribution >= 0.6 is 23.2 Å². The summed E-state index contributed by atoms with van der Waals surface area (Å²) in [5, 5.41) is 3.72. The van der Waals surface area contributed by atoms with Gasteiger partial charge in [0.1, 0.15) is 6.04 Å². The van der Waals surface area contributed by atoms with Gasteiger partial charge in [0.2, 0.25) is 21.8 Å². The molecule has 0 saturated carbocycles. The monoisotopic (exact) mass is 603 g/mol. The summed E-state index contributed by atoms with van der Waals surface area (Å²) in [6.07, 6.45) is 1.69. The third-order valence-corrected chi connectivity index (χ3v) is 8.19. The van der Waals surface area contributed by atoms with E-state index in [4.69, 9.17) is 23.2 Å². The van der Waals surface area contributed by atoms with Crippen LogP contribution in [0.4, 0.5) is 5.69 Å². The molecule has 0 aliphatic carbocycles. The molecule has 7 nitrogen and oxygen atoms in total. The lowest BCUT2D eigenvalue weighted by Crippen LogP contribution is -2.52. The lowest BCUT2D eigenvalue weighted by atomic mass is 10.0. The largest absolute Gasteiger partial charge is 0.352 e. The average molecular weight is 605 g/mol. The Labute approximate surface area is 247 Å². The third-order valence-electron chi connectivity index (χ3n) is 6.29. The lowest BCUT2D eigenvalue weighted by molar-refractivity contribution is -0.141. The van der Waals surface area contributed by atoms with Crippen LogP contribution in [0.2, 0.25) is 10.0 Å². The molecule has 0 aromatic heterocycles. The summed E-state index contributed by atoms with van der Waals surface area (Å²) in [6, 6.07) is 22.3. The van der Waals surface area contributed by atoms with Crippen molar-refractivity contribution in [1.29, 1.82) is 0 Å². The van der Waals surface area contributed by atoms with Crippen molar-refractivity contribution in [3.05, 3.63) is 100 Å². The van der Waals surface area contributed by atoms with E-state index in [-0.39, 0.29) is 50.2 Å². The minimum Gasteiger partial charge on any atom is -0.352 e. The number of benzene rings is 3. The van der Waals surface area contributed by atoms with Crippen LogP contribution in [0, 0.1) is 0 Å². The maximum absolute atomic E-state index is 13.9. The van der Waals surface area contributed by atoms with Crippen molar-refractivity contribution >= 4 is 50.7 Å². The van der Waals surface area contributed by atoms with E-state index in [2.05, 4.69) is 5.32 Å². The summed E-state index contributed by atoms with van der Waals surface area (Å²) in [6.45, 7) is 3.85. The Balaban J connectivity index is 1.92. The standard InChI is InChI=1S/C30H35Cl2N3O4S/c1-22(2)33-30(37)28(20-23-12-6-4-7-13-23)34(21-25-26(31)16-10-17-27(25)32)29(36)18-11-19-35(40(3,38)39)24-14-8-5-9-15-24/h4-10,12-17,22,28H,11,18-21H2,1-3H3,(H,33,37). The fraction of sp³-hybridized carbons (Fsp3) is 0.333. The number of sulfonamides is 1. The Morgan fingerprint density at radius 2 is 1.45 bits per heavy atom. The summed E-state index contributed by atoms with van der Waals surface area (Å²) in [5.74, 6) is -0.602. The zero-order chi connectivity index (χ0) is 29.3. The normalized spacial score (nSPS) is 12.2. The van der Waals surface area contributed by atoms with E-state index in [9.17, 15) is 18.0 Å². The first-order valence-corrected chi connectivity index (χ1v) is 15.7. The van der Waals surface area contributed by atoms with Gasteiger partial charge in [-0.15, -0.1) is 0 Å². The molecule has 0 fully saturated rings. The minimum absolute atomic E-state index is 0.0151. The van der Waals surface area contributed by atoms with Gasteiger partial charge < -0.3 is 10.2 Å². The number of rotatable bonds is 13. The number of hydrogen-bond donors (Lipinski definition) is 1. The van der Waals surface area contributed by atoms with Gasteiger partial charge in [-0.25, -0.2) is 8.42 Å². The Kier molecular flexibility index (Phi) is 11.4. The maximum atomic E-state index is 13.9. The van der Waals surface area contributed by atoms with Crippen LogP contribution in [0.15, 0.2) is 78.9 Å². The molecule has 1 N–H and O–H groups in total. The summed E-state index contributed by atoms with van der Waals surface area (Å²) in [4.78, 5) is 28.9. The highest BCUT2D eigenvalue weighted by atomic mass is 35.5. The van der Waals surface area contributed by atoms with Crippen LogP contribution in [0.3, 0.4) is 0 Å². The van der Waals surface area contributed by atoms with Crippen molar-refractivity contribution in [3.8, 4) is 0 Å². The first-order chi connectivity index (χ1) is 19.0. The Morgan fingerprint density at radius 1 is 0.875 bits per heavy atom. The smallest absolute Gasteiger partial charge is 0.243 e. The van der Waals surface area contributed by atoms with E-state index in [1.54, 1.807) is 48.5 Å². The van der Waals surface area contributed by atoms with Crippen LogP contribution in [0.25, 0.3) is 0 Å². The van der Waals surface area contributed by atoms with Crippen molar-refractivity contribution in [3.63, 3.8) is 0 Å². The molecule has 0 radical (unpaired) electrons. The second-order valence-electron chi connectivity index (χ2n) is 9.86. The molecular weight excluding hydrogens is 569 g/mol.